The number of benzene rings is 2. The highest BCUT2D eigenvalue weighted by atomic mass is 16.5. The van der Waals surface area contributed by atoms with E-state index >= 15 is 0 Å². The van der Waals surface area contributed by atoms with Gasteiger partial charge in [-0.2, -0.15) is 10.2 Å². The van der Waals surface area contributed by atoms with Crippen LogP contribution in [0.3, 0.4) is 0 Å². The zero-order valence-electron chi connectivity index (χ0n) is 13.3. The van der Waals surface area contributed by atoms with Crippen LogP contribution in [0.25, 0.3) is 33.3 Å². The van der Waals surface area contributed by atoms with Crippen molar-refractivity contribution in [1.29, 1.82) is 0 Å². The number of nitrogens with one attached hydrogen (secondary N) is 1. The standard InChI is InChI=1S/C19H16N4O/c1-12-3-2-4-14(9-12)18-17(19-23(22-18)7-8-24-19)13-5-6-15-11-20-21-16(15)10-13/h2-6,9-11H,7-8H2,1H3,(H,20,21). The number of aromatic amines is 1. The van der Waals surface area contributed by atoms with Crippen LogP contribution in [0.5, 0.6) is 5.88 Å². The van der Waals surface area contributed by atoms with Crippen LogP contribution in [0.15, 0.2) is 48.7 Å². The van der Waals surface area contributed by atoms with E-state index in [1.807, 2.05) is 10.9 Å². The molecule has 0 amide bonds. The maximum absolute atomic E-state index is 5.88. The topological polar surface area (TPSA) is 55.7 Å². The van der Waals surface area contributed by atoms with E-state index in [2.05, 4.69) is 59.6 Å². The lowest BCUT2D eigenvalue weighted by Crippen LogP contribution is -1.96. The van der Waals surface area contributed by atoms with E-state index in [0.29, 0.717) is 6.61 Å². The lowest BCUT2D eigenvalue weighted by Gasteiger charge is -2.06. The van der Waals surface area contributed by atoms with Gasteiger partial charge in [-0.05, 0) is 24.6 Å². The molecule has 0 unspecified atom stereocenters. The van der Waals surface area contributed by atoms with Crippen LogP contribution >= 0.6 is 0 Å². The van der Waals surface area contributed by atoms with Crippen molar-refractivity contribution < 1.29 is 4.74 Å². The third kappa shape index (κ3) is 1.94. The molecule has 0 radical (unpaired) electrons. The van der Waals surface area contributed by atoms with Gasteiger partial charge in [0.2, 0.25) is 5.88 Å². The maximum atomic E-state index is 5.88. The summed E-state index contributed by atoms with van der Waals surface area (Å²) in [5.74, 6) is 0.852. The van der Waals surface area contributed by atoms with E-state index < -0.39 is 0 Å². The number of H-pyrrole nitrogens is 1. The van der Waals surface area contributed by atoms with Crippen molar-refractivity contribution in [2.24, 2.45) is 0 Å². The third-order valence-electron chi connectivity index (χ3n) is 4.47. The lowest BCUT2D eigenvalue weighted by molar-refractivity contribution is 0.358. The fourth-order valence-electron chi connectivity index (χ4n) is 3.32. The minimum Gasteiger partial charge on any atom is -0.475 e. The molecule has 0 saturated heterocycles. The number of ether oxygens (including phenoxy) is 1. The predicted molar refractivity (Wildman–Crippen MR) is 93.0 cm³/mol. The van der Waals surface area contributed by atoms with E-state index in [9.17, 15) is 0 Å². The summed E-state index contributed by atoms with van der Waals surface area (Å²) in [6.07, 6.45) is 1.83. The average molecular weight is 316 g/mol. The molecule has 118 valence electrons. The molecule has 5 heteroatoms. The second-order valence-corrected chi connectivity index (χ2v) is 6.14. The van der Waals surface area contributed by atoms with Gasteiger partial charge in [-0.25, -0.2) is 4.68 Å². The molecule has 0 aliphatic carbocycles. The highest BCUT2D eigenvalue weighted by Crippen LogP contribution is 2.41. The van der Waals surface area contributed by atoms with Crippen molar-refractivity contribution in [2.75, 3.05) is 6.61 Å². The van der Waals surface area contributed by atoms with Gasteiger partial charge in [-0.15, -0.1) is 0 Å². The SMILES string of the molecule is Cc1cccc(-c2nn3c(c2-c2ccc4cn[nH]c4c2)OCC3)c1. The van der Waals surface area contributed by atoms with Crippen molar-refractivity contribution in [2.45, 2.75) is 13.5 Å². The number of hydrogen-bond donors (Lipinski definition) is 1. The fraction of sp³-hybridized carbons (Fsp3) is 0.158. The first-order valence-corrected chi connectivity index (χ1v) is 8.04. The van der Waals surface area contributed by atoms with Crippen LogP contribution in [-0.2, 0) is 6.54 Å². The molecular formula is C19H16N4O. The summed E-state index contributed by atoms with van der Waals surface area (Å²) in [7, 11) is 0. The monoisotopic (exact) mass is 316 g/mol. The van der Waals surface area contributed by atoms with Gasteiger partial charge in [0.25, 0.3) is 0 Å². The molecule has 5 nitrogen and oxygen atoms in total. The van der Waals surface area contributed by atoms with Gasteiger partial charge >= 0.3 is 0 Å². The second-order valence-electron chi connectivity index (χ2n) is 6.14. The van der Waals surface area contributed by atoms with Crippen LogP contribution in [0.1, 0.15) is 5.56 Å². The van der Waals surface area contributed by atoms with Crippen molar-refractivity contribution >= 4 is 10.9 Å². The molecule has 2 aromatic carbocycles. The highest BCUT2D eigenvalue weighted by molar-refractivity contribution is 5.90. The first-order valence-electron chi connectivity index (χ1n) is 8.04. The van der Waals surface area contributed by atoms with E-state index in [1.54, 1.807) is 0 Å². The Morgan fingerprint density at radius 3 is 3.00 bits per heavy atom. The van der Waals surface area contributed by atoms with Crippen molar-refractivity contribution in [3.05, 3.63) is 54.2 Å². The van der Waals surface area contributed by atoms with Crippen LogP contribution in [0.4, 0.5) is 0 Å². The number of aromatic nitrogens is 4. The molecule has 3 heterocycles. The minimum absolute atomic E-state index is 0.676. The lowest BCUT2D eigenvalue weighted by atomic mass is 9.99. The van der Waals surface area contributed by atoms with Gasteiger partial charge in [0.1, 0.15) is 12.3 Å². The van der Waals surface area contributed by atoms with Crippen molar-refractivity contribution in [3.63, 3.8) is 0 Å². The Morgan fingerprint density at radius 2 is 2.08 bits per heavy atom. The molecule has 0 atom stereocenters. The van der Waals surface area contributed by atoms with Crippen LogP contribution in [0, 0.1) is 6.92 Å². The first-order chi connectivity index (χ1) is 11.8. The van der Waals surface area contributed by atoms with Gasteiger partial charge in [-0.1, -0.05) is 35.9 Å². The Bertz CT molecular complexity index is 1060. The summed E-state index contributed by atoms with van der Waals surface area (Å²) in [6, 6.07) is 14.7. The number of rotatable bonds is 2. The predicted octanol–water partition coefficient (Wildman–Crippen LogP) is 3.79. The first kappa shape index (κ1) is 13.4. The minimum atomic E-state index is 0.676. The van der Waals surface area contributed by atoms with E-state index in [1.165, 1.54) is 5.56 Å². The van der Waals surface area contributed by atoms with Gasteiger partial charge in [-0.3, -0.25) is 5.10 Å². The molecular weight excluding hydrogens is 300 g/mol. The van der Waals surface area contributed by atoms with Gasteiger partial charge < -0.3 is 4.74 Å². The smallest absolute Gasteiger partial charge is 0.220 e. The van der Waals surface area contributed by atoms with Crippen molar-refractivity contribution in [1.82, 2.24) is 20.0 Å². The number of fused-ring (bicyclic) bond motifs is 2. The Morgan fingerprint density at radius 1 is 1.12 bits per heavy atom. The number of nitrogens with zero attached hydrogens (tertiary/aromatic N) is 3. The Balaban J connectivity index is 1.77. The molecule has 4 aromatic rings. The third-order valence-corrected chi connectivity index (χ3v) is 4.47. The molecule has 1 aliphatic rings. The second kappa shape index (κ2) is 4.96. The van der Waals surface area contributed by atoms with Crippen LogP contribution in [0.2, 0.25) is 0 Å². The van der Waals surface area contributed by atoms with E-state index in [0.717, 1.165) is 45.7 Å². The molecule has 24 heavy (non-hydrogen) atoms. The maximum Gasteiger partial charge on any atom is 0.220 e. The molecule has 1 aliphatic heterocycles. The molecule has 0 bridgehead atoms. The van der Waals surface area contributed by atoms with Gasteiger partial charge in [0.05, 0.1) is 23.8 Å². The summed E-state index contributed by atoms with van der Waals surface area (Å²) >= 11 is 0. The van der Waals surface area contributed by atoms with Crippen molar-refractivity contribution in [3.8, 4) is 28.3 Å². The van der Waals surface area contributed by atoms with E-state index in [4.69, 9.17) is 9.84 Å². The highest BCUT2D eigenvalue weighted by Gasteiger charge is 2.25. The summed E-state index contributed by atoms with van der Waals surface area (Å²) < 4.78 is 7.85. The van der Waals surface area contributed by atoms with Crippen LogP contribution in [-0.4, -0.2) is 26.6 Å². The largest absolute Gasteiger partial charge is 0.475 e. The van der Waals surface area contributed by atoms with Gasteiger partial charge in [0.15, 0.2) is 0 Å². The number of hydrogen-bond acceptors (Lipinski definition) is 3. The molecule has 2 aromatic heterocycles. The summed E-state index contributed by atoms with van der Waals surface area (Å²) in [4.78, 5) is 0. The Labute approximate surface area is 138 Å². The van der Waals surface area contributed by atoms with Crippen LogP contribution < -0.4 is 4.74 Å². The molecule has 1 N–H and O–H groups in total. The fourth-order valence-corrected chi connectivity index (χ4v) is 3.32. The summed E-state index contributed by atoms with van der Waals surface area (Å²) in [5, 5.41) is 13.1. The molecule has 0 saturated carbocycles. The Hall–Kier alpha value is -3.08. The molecule has 0 spiro atoms. The Kier molecular flexibility index (Phi) is 2.76. The van der Waals surface area contributed by atoms with E-state index in [-0.39, 0.29) is 0 Å². The summed E-state index contributed by atoms with van der Waals surface area (Å²) in [6.45, 7) is 3.57. The average Bonchev–Trinajstić information content (AvgIpc) is 3.29. The molecule has 0 fully saturated rings. The van der Waals surface area contributed by atoms with Gasteiger partial charge in [0, 0.05) is 10.9 Å². The summed E-state index contributed by atoms with van der Waals surface area (Å²) in [5.41, 5.74) is 6.45. The molecule has 5 rings (SSSR count). The number of aryl methyl sites for hydroxylation is 1. The quantitative estimate of drug-likeness (QED) is 0.612. The zero-order valence-corrected chi connectivity index (χ0v) is 13.3. The normalized spacial score (nSPS) is 13.2. The zero-order chi connectivity index (χ0) is 16.1.